The van der Waals surface area contributed by atoms with Gasteiger partial charge in [-0.2, -0.15) is 17.0 Å². The molecular weight excluding hydrogens is 1200 g/mol. The molecule has 8 amide bonds. The zero-order valence-corrected chi connectivity index (χ0v) is 55.7. The van der Waals surface area contributed by atoms with Crippen LogP contribution in [0.3, 0.4) is 0 Å². The van der Waals surface area contributed by atoms with E-state index < -0.39 is 50.4 Å². The normalized spacial score (nSPS) is 21.3. The molecule has 4 aromatic carbocycles. The lowest BCUT2D eigenvalue weighted by Gasteiger charge is -2.39. The number of nitriles is 1. The van der Waals surface area contributed by atoms with Crippen molar-refractivity contribution >= 4 is 56.0 Å². The van der Waals surface area contributed by atoms with Crippen molar-refractivity contribution in [2.24, 2.45) is 5.92 Å². The maximum Gasteiger partial charge on any atom is 0.326 e. The number of nitrogens with one attached hydrogen (secondary N) is 4. The molecule has 4 saturated heterocycles. The number of imide groups is 2. The zero-order valence-electron chi connectivity index (χ0n) is 54.0. The lowest BCUT2D eigenvalue weighted by molar-refractivity contribution is -0.129. The summed E-state index contributed by atoms with van der Waals surface area (Å²) in [7, 11) is 1.45. The van der Waals surface area contributed by atoms with Gasteiger partial charge in [0, 0.05) is 61.1 Å². The first kappa shape index (κ1) is 70.0. The highest BCUT2D eigenvalue weighted by Crippen LogP contribution is 2.50. The first-order valence-electron chi connectivity index (χ1n) is 31.9. The van der Waals surface area contributed by atoms with E-state index in [1.807, 2.05) is 91.0 Å². The summed E-state index contributed by atoms with van der Waals surface area (Å²) in [6, 6.07) is 33.6. The number of benzene rings is 4. The fourth-order valence-electron chi connectivity index (χ4n) is 12.1. The second-order valence-electron chi connectivity index (χ2n) is 25.0. The molecule has 4 N–H and O–H groups in total. The highest BCUT2D eigenvalue weighted by atomic mass is 32.2. The SMILES string of the molecule is COc1ccc(C(OC[C@H]2O[C@@H](N3CC(/C=C/C(=O)NCCCCCCNC(=O)CCCC[C@@H]4SC[C@H]5[C@@H]4NC(=O)N5C(=O)c4ccc(C(C)(C)C)cc4)C(=O)NC3=O)C[C@@H]2OP(OCCC#N)N(C(C)C)C(C)C)(c2ccccc2)c2ccc(OC)cc2)cc1. The standard InChI is InChI=1S/C69H91N8O12PS/c1-46(2)77(47(3)4)90(87-41-19-38-70)89-57-42-62(88-58(57)44-86-69(51-20-13-12-14-21-51,52-29-33-54(84-8)34-30-52)53-31-35-55(85-9)36-32-53)75-43-49(64(80)74-66(75)82)26-37-61(79)72-40-18-11-10-17-39-71-60(78)23-16-15-22-59-63-56(45-91-59)76(67(83)73-63)65(81)48-24-27-50(28-25-48)68(5,6)7/h12-14,20-21,24-37,46-47,49,56-59,62-63H,10-11,15-19,22-23,39-45H2,1-9H3,(H,71,78)(H,72,79)(H,73,83)(H,74,80,82)/b37-26+/t49?,56-,57-,58+,59-,62+,63-,90?/m0/s1. The van der Waals surface area contributed by atoms with Gasteiger partial charge in [-0.25, -0.2) is 14.3 Å². The number of carbonyl (C=O) groups is 6. The molecule has 0 saturated carbocycles. The van der Waals surface area contributed by atoms with Crippen LogP contribution in [0.1, 0.15) is 145 Å². The van der Waals surface area contributed by atoms with Crippen molar-refractivity contribution in [1.29, 1.82) is 5.26 Å². The lowest BCUT2D eigenvalue weighted by Crippen LogP contribution is -2.57. The highest BCUT2D eigenvalue weighted by Gasteiger charge is 2.51. The fraction of sp³-hybridized carbons (Fsp3) is 0.522. The Morgan fingerprint density at radius 2 is 1.42 bits per heavy atom. The van der Waals surface area contributed by atoms with Crippen LogP contribution < -0.4 is 30.7 Å². The van der Waals surface area contributed by atoms with Crippen molar-refractivity contribution in [3.05, 3.63) is 143 Å². The van der Waals surface area contributed by atoms with E-state index in [0.717, 1.165) is 67.2 Å². The molecule has 490 valence electrons. The Hall–Kier alpha value is -6.89. The van der Waals surface area contributed by atoms with Gasteiger partial charge in [-0.1, -0.05) is 113 Å². The molecule has 0 spiro atoms. The van der Waals surface area contributed by atoms with Crippen LogP contribution in [0.2, 0.25) is 0 Å². The molecule has 8 rings (SSSR count). The largest absolute Gasteiger partial charge is 0.497 e. The fourth-order valence-corrected chi connectivity index (χ4v) is 15.5. The number of amides is 8. The first-order valence-corrected chi connectivity index (χ1v) is 34.0. The predicted octanol–water partition coefficient (Wildman–Crippen LogP) is 10.9. The Morgan fingerprint density at radius 1 is 0.802 bits per heavy atom. The molecule has 0 aromatic heterocycles. The van der Waals surface area contributed by atoms with E-state index in [1.54, 1.807) is 38.1 Å². The molecule has 8 atom stereocenters. The van der Waals surface area contributed by atoms with E-state index in [4.69, 9.17) is 28.0 Å². The molecule has 0 radical (unpaired) electrons. The number of hydrogen-bond donors (Lipinski definition) is 4. The summed E-state index contributed by atoms with van der Waals surface area (Å²) in [5.41, 5.74) is 2.81. The number of hydrogen-bond acceptors (Lipinski definition) is 15. The third kappa shape index (κ3) is 18.0. The summed E-state index contributed by atoms with van der Waals surface area (Å²) in [6.45, 7) is 15.6. The van der Waals surface area contributed by atoms with Gasteiger partial charge in [-0.3, -0.25) is 34.3 Å². The smallest absolute Gasteiger partial charge is 0.326 e. The van der Waals surface area contributed by atoms with Gasteiger partial charge in [0.05, 0.1) is 64.0 Å². The number of unbranched alkanes of at least 4 members (excludes halogenated alkanes) is 4. The number of carbonyl (C=O) groups excluding carboxylic acids is 6. The Balaban J connectivity index is 0.816. The van der Waals surface area contributed by atoms with Crippen molar-refractivity contribution in [2.45, 2.75) is 172 Å². The quantitative estimate of drug-likeness (QED) is 0.0117. The number of ether oxygens (including phenoxy) is 4. The van der Waals surface area contributed by atoms with Crippen LogP contribution in [0.25, 0.3) is 0 Å². The summed E-state index contributed by atoms with van der Waals surface area (Å²) >= 11 is 1.78. The minimum atomic E-state index is -1.78. The third-order valence-electron chi connectivity index (χ3n) is 17.0. The summed E-state index contributed by atoms with van der Waals surface area (Å²) in [4.78, 5) is 82.5. The number of urea groups is 2. The Labute approximate surface area is 542 Å². The number of methoxy groups -OCH3 is 2. The molecular formula is C69H91N8O12PS. The molecule has 22 heteroatoms. The average Bonchev–Trinajstić information content (AvgIpc) is 1.50. The van der Waals surface area contributed by atoms with E-state index in [1.165, 1.54) is 22.0 Å². The third-order valence-corrected chi connectivity index (χ3v) is 20.6. The Kier molecular flexibility index (Phi) is 25.5. The summed E-state index contributed by atoms with van der Waals surface area (Å²) in [5, 5.41) is 21.2. The second kappa shape index (κ2) is 33.1. The van der Waals surface area contributed by atoms with E-state index in [0.29, 0.717) is 42.3 Å². The minimum absolute atomic E-state index is 0.00277. The maximum absolute atomic E-state index is 13.9. The summed E-state index contributed by atoms with van der Waals surface area (Å²) < 4.78 is 40.9. The molecule has 4 heterocycles. The van der Waals surface area contributed by atoms with Crippen LogP contribution in [0.5, 0.6) is 11.5 Å². The number of rotatable bonds is 32. The predicted molar refractivity (Wildman–Crippen MR) is 351 cm³/mol. The molecule has 2 unspecified atom stereocenters. The van der Waals surface area contributed by atoms with Crippen LogP contribution in [0.4, 0.5) is 9.59 Å². The first-order chi connectivity index (χ1) is 43.7. The van der Waals surface area contributed by atoms with Crippen LogP contribution in [-0.4, -0.2) is 151 Å². The molecule has 91 heavy (non-hydrogen) atoms. The van der Waals surface area contributed by atoms with Gasteiger partial charge in [0.2, 0.25) is 17.7 Å². The molecule has 0 bridgehead atoms. The van der Waals surface area contributed by atoms with Crippen molar-refractivity contribution in [1.82, 2.24) is 35.7 Å². The van der Waals surface area contributed by atoms with Gasteiger partial charge >= 0.3 is 12.1 Å². The van der Waals surface area contributed by atoms with E-state index in [-0.39, 0.29) is 91.2 Å². The van der Waals surface area contributed by atoms with E-state index in [9.17, 15) is 34.0 Å². The van der Waals surface area contributed by atoms with Crippen LogP contribution >= 0.6 is 20.3 Å². The van der Waals surface area contributed by atoms with Gasteiger partial charge in [-0.05, 0) is 124 Å². The Morgan fingerprint density at radius 3 is 2.02 bits per heavy atom. The van der Waals surface area contributed by atoms with Gasteiger partial charge in [0.25, 0.3) is 14.4 Å². The van der Waals surface area contributed by atoms with Gasteiger partial charge < -0.3 is 43.9 Å². The summed E-state index contributed by atoms with van der Waals surface area (Å²) in [5.74, 6) is -0.0453. The molecule has 4 fully saturated rings. The van der Waals surface area contributed by atoms with Gasteiger partial charge in [0.1, 0.15) is 29.4 Å². The molecule has 4 aliphatic heterocycles. The molecule has 4 aromatic rings. The topological polar surface area (TPSA) is 239 Å². The monoisotopic (exact) mass is 1290 g/mol. The van der Waals surface area contributed by atoms with Crippen LogP contribution in [-0.2, 0) is 43.9 Å². The molecule has 4 aliphatic rings. The zero-order chi connectivity index (χ0) is 65.2. The number of thioether (sulfide) groups is 1. The highest BCUT2D eigenvalue weighted by molar-refractivity contribution is 8.00. The van der Waals surface area contributed by atoms with Crippen molar-refractivity contribution in [3.8, 4) is 17.6 Å². The van der Waals surface area contributed by atoms with Crippen LogP contribution in [0, 0.1) is 17.2 Å². The number of nitrogens with zero attached hydrogens (tertiary/aromatic N) is 4. The second-order valence-corrected chi connectivity index (χ2v) is 27.7. The van der Waals surface area contributed by atoms with Crippen molar-refractivity contribution < 1.29 is 56.8 Å². The average molecular weight is 1290 g/mol. The minimum Gasteiger partial charge on any atom is -0.497 e. The van der Waals surface area contributed by atoms with Crippen molar-refractivity contribution in [2.75, 3.05) is 52.8 Å². The van der Waals surface area contributed by atoms with E-state index >= 15 is 0 Å². The number of fused-ring (bicyclic) bond motifs is 1. The van der Waals surface area contributed by atoms with Gasteiger partial charge in [-0.15, -0.1) is 0 Å². The van der Waals surface area contributed by atoms with E-state index in [2.05, 4.69) is 80.5 Å². The summed E-state index contributed by atoms with van der Waals surface area (Å²) in [6.07, 6.45) is 6.78. The molecule has 0 aliphatic carbocycles. The lowest BCUT2D eigenvalue weighted by atomic mass is 9.80. The molecule has 20 nitrogen and oxygen atoms in total. The van der Waals surface area contributed by atoms with Crippen molar-refractivity contribution in [3.63, 3.8) is 0 Å². The van der Waals surface area contributed by atoms with Gasteiger partial charge in [0.15, 0.2) is 0 Å². The maximum atomic E-state index is 13.9. The van der Waals surface area contributed by atoms with Crippen LogP contribution in [0.15, 0.2) is 115 Å². The Bertz CT molecular complexity index is 3090.